The van der Waals surface area contributed by atoms with Gasteiger partial charge in [0, 0.05) is 17.4 Å². The summed E-state index contributed by atoms with van der Waals surface area (Å²) in [6, 6.07) is 10.7. The molecular formula is C14H11N5O. The van der Waals surface area contributed by atoms with E-state index in [0.717, 1.165) is 5.69 Å². The van der Waals surface area contributed by atoms with Crippen molar-refractivity contribution in [2.75, 3.05) is 5.32 Å². The standard InChI is InChI=1S/C14H11N5O/c20-14(18-12-2-1-7-15-8-12)11-3-5-13(6-4-11)19-9-16-17-10-19/h1-10H,(H,18,20). The van der Waals surface area contributed by atoms with Crippen molar-refractivity contribution in [1.29, 1.82) is 0 Å². The maximum atomic E-state index is 12.0. The first-order valence-electron chi connectivity index (χ1n) is 5.99. The fourth-order valence-corrected chi connectivity index (χ4v) is 1.76. The molecule has 3 rings (SSSR count). The first kappa shape index (κ1) is 12.0. The van der Waals surface area contributed by atoms with Gasteiger partial charge in [0.2, 0.25) is 0 Å². The smallest absolute Gasteiger partial charge is 0.255 e. The number of anilines is 1. The van der Waals surface area contributed by atoms with Crippen LogP contribution in [-0.2, 0) is 0 Å². The minimum absolute atomic E-state index is 0.173. The molecule has 1 aromatic carbocycles. The van der Waals surface area contributed by atoms with Crippen LogP contribution in [0.25, 0.3) is 5.69 Å². The van der Waals surface area contributed by atoms with Crippen LogP contribution in [0, 0.1) is 0 Å². The van der Waals surface area contributed by atoms with Crippen molar-refractivity contribution in [3.63, 3.8) is 0 Å². The molecule has 0 aliphatic carbocycles. The number of carbonyl (C=O) groups is 1. The van der Waals surface area contributed by atoms with Crippen LogP contribution in [-0.4, -0.2) is 25.7 Å². The molecule has 0 saturated heterocycles. The lowest BCUT2D eigenvalue weighted by Crippen LogP contribution is -2.11. The predicted octanol–water partition coefficient (Wildman–Crippen LogP) is 1.91. The molecular weight excluding hydrogens is 254 g/mol. The summed E-state index contributed by atoms with van der Waals surface area (Å²) in [7, 11) is 0. The van der Waals surface area contributed by atoms with Crippen LogP contribution in [0.1, 0.15) is 10.4 Å². The van der Waals surface area contributed by atoms with Crippen LogP contribution in [0.2, 0.25) is 0 Å². The van der Waals surface area contributed by atoms with Gasteiger partial charge in [-0.05, 0) is 36.4 Å². The van der Waals surface area contributed by atoms with E-state index in [1.54, 1.807) is 53.9 Å². The zero-order valence-electron chi connectivity index (χ0n) is 10.5. The molecule has 0 bridgehead atoms. The number of hydrogen-bond donors (Lipinski definition) is 1. The Hall–Kier alpha value is -3.02. The molecule has 20 heavy (non-hydrogen) atoms. The van der Waals surface area contributed by atoms with Gasteiger partial charge in [-0.25, -0.2) is 0 Å². The van der Waals surface area contributed by atoms with Gasteiger partial charge in [0.15, 0.2) is 0 Å². The number of hydrogen-bond acceptors (Lipinski definition) is 4. The molecule has 6 heteroatoms. The van der Waals surface area contributed by atoms with Crippen LogP contribution in [0.4, 0.5) is 5.69 Å². The summed E-state index contributed by atoms with van der Waals surface area (Å²) in [5.41, 5.74) is 2.14. The zero-order chi connectivity index (χ0) is 13.8. The van der Waals surface area contributed by atoms with Gasteiger partial charge in [-0.15, -0.1) is 10.2 Å². The summed E-state index contributed by atoms with van der Waals surface area (Å²) in [6.45, 7) is 0. The van der Waals surface area contributed by atoms with Gasteiger partial charge in [-0.1, -0.05) is 0 Å². The van der Waals surface area contributed by atoms with Crippen LogP contribution >= 0.6 is 0 Å². The molecule has 1 amide bonds. The molecule has 98 valence electrons. The van der Waals surface area contributed by atoms with Gasteiger partial charge in [-0.3, -0.25) is 14.3 Å². The molecule has 0 spiro atoms. The molecule has 0 atom stereocenters. The van der Waals surface area contributed by atoms with Crippen LogP contribution in [0.15, 0.2) is 61.4 Å². The topological polar surface area (TPSA) is 72.7 Å². The van der Waals surface area contributed by atoms with Crippen molar-refractivity contribution in [3.8, 4) is 5.69 Å². The Kier molecular flexibility index (Phi) is 3.20. The summed E-state index contributed by atoms with van der Waals surface area (Å²) in [6.07, 6.45) is 6.46. The molecule has 0 aliphatic rings. The minimum atomic E-state index is -0.173. The van der Waals surface area contributed by atoms with Gasteiger partial charge in [0.25, 0.3) is 5.91 Å². The van der Waals surface area contributed by atoms with Crippen LogP contribution in [0.5, 0.6) is 0 Å². The fourth-order valence-electron chi connectivity index (χ4n) is 1.76. The highest BCUT2D eigenvalue weighted by molar-refractivity contribution is 6.04. The van der Waals surface area contributed by atoms with Crippen molar-refractivity contribution in [2.24, 2.45) is 0 Å². The van der Waals surface area contributed by atoms with Gasteiger partial charge in [-0.2, -0.15) is 0 Å². The molecule has 3 aromatic rings. The summed E-state index contributed by atoms with van der Waals surface area (Å²) < 4.78 is 1.77. The van der Waals surface area contributed by atoms with Gasteiger partial charge >= 0.3 is 0 Å². The molecule has 0 aliphatic heterocycles. The van der Waals surface area contributed by atoms with E-state index < -0.39 is 0 Å². The van der Waals surface area contributed by atoms with E-state index in [-0.39, 0.29) is 5.91 Å². The highest BCUT2D eigenvalue weighted by Crippen LogP contribution is 2.11. The Morgan fingerprint density at radius 2 is 1.80 bits per heavy atom. The lowest BCUT2D eigenvalue weighted by atomic mass is 10.2. The first-order chi connectivity index (χ1) is 9.83. The lowest BCUT2D eigenvalue weighted by Gasteiger charge is -2.06. The van der Waals surface area contributed by atoms with E-state index in [1.807, 2.05) is 12.1 Å². The van der Waals surface area contributed by atoms with Crippen molar-refractivity contribution in [3.05, 3.63) is 67.0 Å². The highest BCUT2D eigenvalue weighted by Gasteiger charge is 2.06. The van der Waals surface area contributed by atoms with E-state index in [0.29, 0.717) is 11.3 Å². The van der Waals surface area contributed by atoms with Crippen LogP contribution < -0.4 is 5.32 Å². The van der Waals surface area contributed by atoms with Gasteiger partial charge in [0.1, 0.15) is 12.7 Å². The maximum absolute atomic E-state index is 12.0. The second-order valence-corrected chi connectivity index (χ2v) is 4.11. The summed E-state index contributed by atoms with van der Waals surface area (Å²) in [4.78, 5) is 16.0. The van der Waals surface area contributed by atoms with E-state index in [2.05, 4.69) is 20.5 Å². The highest BCUT2D eigenvalue weighted by atomic mass is 16.1. The molecule has 2 heterocycles. The van der Waals surface area contributed by atoms with Crippen LogP contribution in [0.3, 0.4) is 0 Å². The summed E-state index contributed by atoms with van der Waals surface area (Å²) in [5, 5.41) is 10.3. The SMILES string of the molecule is O=C(Nc1cccnc1)c1ccc(-n2cnnc2)cc1. The zero-order valence-corrected chi connectivity index (χ0v) is 10.5. The maximum Gasteiger partial charge on any atom is 0.255 e. The number of aromatic nitrogens is 4. The Morgan fingerprint density at radius 3 is 2.45 bits per heavy atom. The molecule has 0 fully saturated rings. The van der Waals surface area contributed by atoms with E-state index in [1.165, 1.54) is 0 Å². The van der Waals surface area contributed by atoms with Gasteiger partial charge in [0.05, 0.1) is 11.9 Å². The molecule has 6 nitrogen and oxygen atoms in total. The van der Waals surface area contributed by atoms with Crippen molar-refractivity contribution < 1.29 is 4.79 Å². The Labute approximate surface area is 115 Å². The third-order valence-corrected chi connectivity index (χ3v) is 2.77. The number of nitrogens with zero attached hydrogens (tertiary/aromatic N) is 4. The molecule has 0 saturated carbocycles. The predicted molar refractivity (Wildman–Crippen MR) is 73.5 cm³/mol. The normalized spacial score (nSPS) is 10.2. The Bertz CT molecular complexity index is 692. The Balaban J connectivity index is 1.76. The third-order valence-electron chi connectivity index (χ3n) is 2.77. The van der Waals surface area contributed by atoms with E-state index in [9.17, 15) is 4.79 Å². The Morgan fingerprint density at radius 1 is 1.05 bits per heavy atom. The molecule has 2 aromatic heterocycles. The number of pyridine rings is 1. The molecule has 1 N–H and O–H groups in total. The monoisotopic (exact) mass is 265 g/mol. The quantitative estimate of drug-likeness (QED) is 0.785. The minimum Gasteiger partial charge on any atom is -0.321 e. The number of carbonyl (C=O) groups excluding carboxylic acids is 1. The molecule has 0 radical (unpaired) electrons. The van der Waals surface area contributed by atoms with Crippen molar-refractivity contribution in [2.45, 2.75) is 0 Å². The van der Waals surface area contributed by atoms with E-state index >= 15 is 0 Å². The van der Waals surface area contributed by atoms with Gasteiger partial charge < -0.3 is 5.32 Å². The average molecular weight is 265 g/mol. The second kappa shape index (κ2) is 5.31. The number of nitrogens with one attached hydrogen (secondary N) is 1. The molecule has 0 unspecified atom stereocenters. The first-order valence-corrected chi connectivity index (χ1v) is 5.99. The third kappa shape index (κ3) is 2.54. The fraction of sp³-hybridized carbons (Fsp3) is 0. The van der Waals surface area contributed by atoms with E-state index in [4.69, 9.17) is 0 Å². The lowest BCUT2D eigenvalue weighted by molar-refractivity contribution is 0.102. The largest absolute Gasteiger partial charge is 0.321 e. The number of rotatable bonds is 3. The van der Waals surface area contributed by atoms with Crippen molar-refractivity contribution in [1.82, 2.24) is 19.7 Å². The van der Waals surface area contributed by atoms with Crippen molar-refractivity contribution >= 4 is 11.6 Å². The summed E-state index contributed by atoms with van der Waals surface area (Å²) >= 11 is 0. The average Bonchev–Trinajstić information content (AvgIpc) is 3.03. The summed E-state index contributed by atoms with van der Waals surface area (Å²) in [5.74, 6) is -0.173. The number of amides is 1. The number of benzene rings is 1. The second-order valence-electron chi connectivity index (χ2n) is 4.11.